The molecule has 6 rings (SSSR count). The maximum Gasteiger partial charge on any atom is 0.339 e. The van der Waals surface area contributed by atoms with Gasteiger partial charge in [0.25, 0.3) is 0 Å². The lowest BCUT2D eigenvalue weighted by molar-refractivity contribution is 0.0600. The summed E-state index contributed by atoms with van der Waals surface area (Å²) in [6.45, 7) is 0. The smallest absolute Gasteiger partial charge is 0.339 e. The summed E-state index contributed by atoms with van der Waals surface area (Å²) in [5.74, 6) is 1.75. The SMILES string of the molecule is COC(=O)c1ccccc1-n1cccc1[C@@H]1[C@H](c2ccccn2)NC(=S)N1c1ccc(Oc2ccc(OC)cc2)cc1. The lowest BCUT2D eigenvalue weighted by Crippen LogP contribution is -2.30. The summed E-state index contributed by atoms with van der Waals surface area (Å²) in [7, 11) is 3.02. The predicted molar refractivity (Wildman–Crippen MR) is 165 cm³/mol. The molecular formula is C33H28N4O4S. The van der Waals surface area contributed by atoms with E-state index in [2.05, 4.69) is 15.2 Å². The molecule has 1 fully saturated rings. The molecule has 0 spiro atoms. The number of rotatable bonds is 8. The van der Waals surface area contributed by atoms with Crippen molar-refractivity contribution in [1.82, 2.24) is 14.9 Å². The minimum atomic E-state index is -0.407. The van der Waals surface area contributed by atoms with Crippen molar-refractivity contribution >= 4 is 29.0 Å². The van der Waals surface area contributed by atoms with Crippen molar-refractivity contribution in [2.75, 3.05) is 19.1 Å². The van der Waals surface area contributed by atoms with Gasteiger partial charge in [-0.05, 0) is 97.1 Å². The molecule has 0 unspecified atom stereocenters. The number of para-hydroxylation sites is 1. The molecule has 0 amide bonds. The third-order valence-electron chi connectivity index (χ3n) is 7.16. The number of carbonyl (C=O) groups is 1. The highest BCUT2D eigenvalue weighted by molar-refractivity contribution is 7.80. The number of aromatic nitrogens is 2. The fourth-order valence-electron chi connectivity index (χ4n) is 5.21. The number of hydrogen-bond acceptors (Lipinski definition) is 6. The highest BCUT2D eigenvalue weighted by atomic mass is 32.1. The van der Waals surface area contributed by atoms with Crippen molar-refractivity contribution in [2.24, 2.45) is 0 Å². The highest BCUT2D eigenvalue weighted by Gasteiger charge is 2.42. The van der Waals surface area contributed by atoms with Gasteiger partial charge >= 0.3 is 5.97 Å². The van der Waals surface area contributed by atoms with Gasteiger partial charge in [0.15, 0.2) is 5.11 Å². The number of nitrogens with zero attached hydrogens (tertiary/aromatic N) is 3. The molecule has 5 aromatic rings. The van der Waals surface area contributed by atoms with Crippen LogP contribution >= 0.6 is 12.2 Å². The van der Waals surface area contributed by atoms with E-state index in [-0.39, 0.29) is 12.1 Å². The Bertz CT molecular complexity index is 1700. The second kappa shape index (κ2) is 11.8. The van der Waals surface area contributed by atoms with E-state index >= 15 is 0 Å². The van der Waals surface area contributed by atoms with E-state index in [0.717, 1.165) is 22.8 Å². The van der Waals surface area contributed by atoms with Crippen molar-refractivity contribution in [3.63, 3.8) is 0 Å². The van der Waals surface area contributed by atoms with Crippen molar-refractivity contribution in [3.8, 4) is 22.9 Å². The number of benzene rings is 3. The zero-order valence-electron chi connectivity index (χ0n) is 23.0. The van der Waals surface area contributed by atoms with Gasteiger partial charge in [-0.2, -0.15) is 0 Å². The summed E-state index contributed by atoms with van der Waals surface area (Å²) < 4.78 is 18.4. The van der Waals surface area contributed by atoms with Crippen LogP contribution in [0.2, 0.25) is 0 Å². The minimum absolute atomic E-state index is 0.257. The number of anilines is 1. The van der Waals surface area contributed by atoms with Crippen LogP contribution in [-0.2, 0) is 4.74 Å². The van der Waals surface area contributed by atoms with Crippen LogP contribution in [0.1, 0.15) is 33.8 Å². The van der Waals surface area contributed by atoms with Crippen molar-refractivity contribution < 1.29 is 19.0 Å². The van der Waals surface area contributed by atoms with Gasteiger partial charge < -0.3 is 29.0 Å². The topological polar surface area (TPSA) is 77.9 Å². The first kappa shape index (κ1) is 27.0. The van der Waals surface area contributed by atoms with Crippen LogP contribution in [0.25, 0.3) is 5.69 Å². The second-order valence-corrected chi connectivity index (χ2v) is 9.97. The van der Waals surface area contributed by atoms with Gasteiger partial charge in [-0.3, -0.25) is 4.98 Å². The first-order chi connectivity index (χ1) is 20.6. The van der Waals surface area contributed by atoms with Gasteiger partial charge in [0.2, 0.25) is 0 Å². The van der Waals surface area contributed by atoms with E-state index in [0.29, 0.717) is 27.9 Å². The molecule has 1 aliphatic rings. The van der Waals surface area contributed by atoms with Crippen LogP contribution in [-0.4, -0.2) is 34.9 Å². The fraction of sp³-hybridized carbons (Fsp3) is 0.121. The van der Waals surface area contributed by atoms with Gasteiger partial charge in [-0.1, -0.05) is 18.2 Å². The van der Waals surface area contributed by atoms with Crippen LogP contribution in [0.4, 0.5) is 5.69 Å². The Labute approximate surface area is 249 Å². The molecule has 8 nitrogen and oxygen atoms in total. The third kappa shape index (κ3) is 5.17. The molecule has 2 aromatic heterocycles. The van der Waals surface area contributed by atoms with Gasteiger partial charge in [-0.25, -0.2) is 4.79 Å². The molecule has 0 aliphatic carbocycles. The number of pyridine rings is 1. The van der Waals surface area contributed by atoms with Gasteiger partial charge in [0, 0.05) is 23.8 Å². The Morgan fingerprint density at radius 3 is 2.21 bits per heavy atom. The summed E-state index contributed by atoms with van der Waals surface area (Å²) >= 11 is 5.92. The van der Waals surface area contributed by atoms with Crippen LogP contribution in [0.3, 0.4) is 0 Å². The first-order valence-electron chi connectivity index (χ1n) is 13.3. The first-order valence-corrected chi connectivity index (χ1v) is 13.8. The van der Waals surface area contributed by atoms with E-state index in [4.69, 9.17) is 26.4 Å². The number of carbonyl (C=O) groups excluding carboxylic acids is 1. The van der Waals surface area contributed by atoms with Crippen LogP contribution in [0.5, 0.6) is 17.2 Å². The Morgan fingerprint density at radius 1 is 0.833 bits per heavy atom. The monoisotopic (exact) mass is 576 g/mol. The molecule has 0 bridgehead atoms. The number of nitrogens with one attached hydrogen (secondary N) is 1. The molecule has 2 atom stereocenters. The maximum atomic E-state index is 12.7. The van der Waals surface area contributed by atoms with Crippen LogP contribution in [0.15, 0.2) is 116 Å². The fourth-order valence-corrected chi connectivity index (χ4v) is 5.55. The summed E-state index contributed by atoms with van der Waals surface area (Å²) in [5, 5.41) is 4.06. The van der Waals surface area contributed by atoms with E-state index in [9.17, 15) is 4.79 Å². The predicted octanol–water partition coefficient (Wildman–Crippen LogP) is 6.64. The Kier molecular flexibility index (Phi) is 7.57. The highest BCUT2D eigenvalue weighted by Crippen LogP contribution is 2.43. The van der Waals surface area contributed by atoms with E-state index in [1.54, 1.807) is 19.4 Å². The van der Waals surface area contributed by atoms with Crippen LogP contribution < -0.4 is 19.7 Å². The standard InChI is InChI=1S/C33H28N4O4S/c1-39-23-16-18-25(19-17-23)41-24-14-12-22(13-15-24)37-31(30(35-33(37)42)27-9-5-6-20-34-27)29-11-7-21-36(29)28-10-4-3-8-26(28)32(38)40-2/h3-21,30-31H,1-2H3,(H,35,42)/t30-,31+/m0/s1. The molecule has 3 aromatic carbocycles. The number of hydrogen-bond donors (Lipinski definition) is 1. The minimum Gasteiger partial charge on any atom is -0.497 e. The average Bonchev–Trinajstić information content (AvgIpc) is 3.66. The Morgan fingerprint density at radius 2 is 1.52 bits per heavy atom. The van der Waals surface area contributed by atoms with Crippen LogP contribution in [0, 0.1) is 0 Å². The number of thiocarbonyl (C=S) groups is 1. The summed E-state index contributed by atoms with van der Waals surface area (Å²) in [6, 6.07) is 31.9. The van der Waals surface area contributed by atoms with Gasteiger partial charge in [-0.15, -0.1) is 0 Å². The Balaban J connectivity index is 1.39. The zero-order chi connectivity index (χ0) is 29.1. The zero-order valence-corrected chi connectivity index (χ0v) is 23.8. The molecule has 0 saturated carbocycles. The molecule has 0 radical (unpaired) electrons. The van der Waals surface area contributed by atoms with E-state index in [1.807, 2.05) is 108 Å². The maximum absolute atomic E-state index is 12.7. The molecule has 3 heterocycles. The van der Waals surface area contributed by atoms with E-state index in [1.165, 1.54) is 7.11 Å². The van der Waals surface area contributed by atoms with E-state index < -0.39 is 5.97 Å². The molecule has 9 heteroatoms. The average molecular weight is 577 g/mol. The molecular weight excluding hydrogens is 548 g/mol. The van der Waals surface area contributed by atoms with Gasteiger partial charge in [0.1, 0.15) is 23.3 Å². The lowest BCUT2D eigenvalue weighted by atomic mass is 10.0. The second-order valence-electron chi connectivity index (χ2n) is 9.58. The Hall–Kier alpha value is -5.15. The summed E-state index contributed by atoms with van der Waals surface area (Å²) in [4.78, 5) is 19.4. The number of ether oxygens (including phenoxy) is 3. The number of methoxy groups -OCH3 is 2. The van der Waals surface area contributed by atoms with Gasteiger partial charge in [0.05, 0.1) is 37.2 Å². The van der Waals surface area contributed by atoms with Crippen molar-refractivity contribution in [2.45, 2.75) is 12.1 Å². The summed E-state index contributed by atoms with van der Waals surface area (Å²) in [6.07, 6.45) is 3.72. The molecule has 42 heavy (non-hydrogen) atoms. The largest absolute Gasteiger partial charge is 0.497 e. The third-order valence-corrected chi connectivity index (χ3v) is 7.47. The van der Waals surface area contributed by atoms with Crippen molar-refractivity contribution in [1.29, 1.82) is 0 Å². The summed E-state index contributed by atoms with van der Waals surface area (Å²) in [5.41, 5.74) is 3.83. The normalized spacial score (nSPS) is 16.1. The molecule has 1 aliphatic heterocycles. The lowest BCUT2D eigenvalue weighted by Gasteiger charge is -2.29. The molecule has 210 valence electrons. The van der Waals surface area contributed by atoms with Crippen molar-refractivity contribution in [3.05, 3.63) is 132 Å². The molecule has 1 N–H and O–H groups in total. The molecule has 1 saturated heterocycles. The number of esters is 1. The quantitative estimate of drug-likeness (QED) is 0.163.